The number of H-pyrrole nitrogens is 1. The number of benzene rings is 2. The molecule has 7 heteroatoms. The number of hydrogen-bond donors (Lipinski definition) is 3. The van der Waals surface area contributed by atoms with E-state index in [0.717, 1.165) is 24.2 Å². The third kappa shape index (κ3) is 3.36. The van der Waals surface area contributed by atoms with E-state index in [2.05, 4.69) is 15.2 Å². The van der Waals surface area contributed by atoms with Gasteiger partial charge in [0.15, 0.2) is 5.82 Å². The highest BCUT2D eigenvalue weighted by Gasteiger charge is 2.30. The lowest BCUT2D eigenvalue weighted by atomic mass is 9.96. The molecule has 1 aliphatic rings. The number of aromatic nitrogens is 3. The number of amides is 1. The van der Waals surface area contributed by atoms with Crippen LogP contribution < -0.4 is 0 Å². The Hall–Kier alpha value is -3.35. The average Bonchev–Trinajstić information content (AvgIpc) is 3.19. The Bertz CT molecular complexity index is 935. The van der Waals surface area contributed by atoms with Crippen molar-refractivity contribution in [1.82, 2.24) is 20.1 Å². The first kappa shape index (κ1) is 17.1. The van der Waals surface area contributed by atoms with Crippen LogP contribution in [-0.4, -0.2) is 49.3 Å². The van der Waals surface area contributed by atoms with Crippen LogP contribution in [0.4, 0.5) is 0 Å². The Kier molecular flexibility index (Phi) is 4.50. The van der Waals surface area contributed by atoms with Crippen molar-refractivity contribution < 1.29 is 15.0 Å². The van der Waals surface area contributed by atoms with Crippen LogP contribution in [0.15, 0.2) is 48.5 Å². The largest absolute Gasteiger partial charge is 0.507 e. The van der Waals surface area contributed by atoms with E-state index in [4.69, 9.17) is 0 Å². The molecule has 0 radical (unpaired) electrons. The first-order valence-corrected chi connectivity index (χ1v) is 8.91. The molecule has 7 nitrogen and oxygen atoms in total. The maximum Gasteiger partial charge on any atom is 0.261 e. The van der Waals surface area contributed by atoms with E-state index in [1.54, 1.807) is 4.90 Å². The number of aromatic hydroxyl groups is 2. The number of phenolic OH excluding ortho intramolecular Hbond substituents is 2. The van der Waals surface area contributed by atoms with Crippen molar-refractivity contribution in [1.29, 1.82) is 0 Å². The molecule has 1 fully saturated rings. The minimum absolute atomic E-state index is 0.0284. The average molecular weight is 364 g/mol. The van der Waals surface area contributed by atoms with E-state index < -0.39 is 0 Å². The van der Waals surface area contributed by atoms with Gasteiger partial charge < -0.3 is 15.1 Å². The van der Waals surface area contributed by atoms with Gasteiger partial charge in [-0.3, -0.25) is 9.89 Å². The number of rotatable bonds is 3. The van der Waals surface area contributed by atoms with E-state index in [0.29, 0.717) is 18.9 Å². The summed E-state index contributed by atoms with van der Waals surface area (Å²) in [5.41, 5.74) is 0.878. The van der Waals surface area contributed by atoms with E-state index in [1.807, 2.05) is 30.3 Å². The number of likely N-dealkylation sites (tertiary alicyclic amines) is 1. The predicted molar refractivity (Wildman–Crippen MR) is 99.5 cm³/mol. The first-order valence-electron chi connectivity index (χ1n) is 8.91. The zero-order chi connectivity index (χ0) is 18.8. The Balaban J connectivity index is 1.54. The number of piperidine rings is 1. The number of carbonyl (C=O) groups is 1. The van der Waals surface area contributed by atoms with Crippen LogP contribution in [0.5, 0.6) is 11.5 Å². The molecule has 27 heavy (non-hydrogen) atoms. The SMILES string of the molecule is O=C(c1c(O)cccc1O)N1CCCC(c2nc(-c3ccccc3)n[nH]2)C1. The summed E-state index contributed by atoms with van der Waals surface area (Å²) >= 11 is 0. The van der Waals surface area contributed by atoms with Gasteiger partial charge in [0.2, 0.25) is 0 Å². The van der Waals surface area contributed by atoms with E-state index >= 15 is 0 Å². The summed E-state index contributed by atoms with van der Waals surface area (Å²) < 4.78 is 0. The fourth-order valence-corrected chi connectivity index (χ4v) is 3.46. The normalized spacial score (nSPS) is 17.0. The number of nitrogens with one attached hydrogen (secondary N) is 1. The van der Waals surface area contributed by atoms with Gasteiger partial charge in [0.05, 0.1) is 0 Å². The lowest BCUT2D eigenvalue weighted by molar-refractivity contribution is 0.0698. The molecule has 3 aromatic rings. The lowest BCUT2D eigenvalue weighted by Crippen LogP contribution is -2.39. The van der Waals surface area contributed by atoms with Gasteiger partial charge in [0, 0.05) is 24.6 Å². The second kappa shape index (κ2) is 7.11. The van der Waals surface area contributed by atoms with E-state index in [9.17, 15) is 15.0 Å². The molecule has 1 aliphatic heterocycles. The van der Waals surface area contributed by atoms with Gasteiger partial charge in [-0.05, 0) is 25.0 Å². The maximum atomic E-state index is 12.8. The predicted octanol–water partition coefficient (Wildman–Crippen LogP) is 2.90. The van der Waals surface area contributed by atoms with Crippen molar-refractivity contribution in [3.63, 3.8) is 0 Å². The second-order valence-corrected chi connectivity index (χ2v) is 6.67. The standard InChI is InChI=1S/C20H20N4O3/c25-15-9-4-10-16(26)17(15)20(27)24-11-5-8-14(12-24)19-21-18(22-23-19)13-6-2-1-3-7-13/h1-4,6-7,9-10,14,25-26H,5,8,11-12H2,(H,21,22,23). The molecule has 138 valence electrons. The highest BCUT2D eigenvalue weighted by Crippen LogP contribution is 2.31. The Labute approximate surface area is 156 Å². The Morgan fingerprint density at radius 3 is 2.56 bits per heavy atom. The van der Waals surface area contributed by atoms with Crippen molar-refractivity contribution in [2.24, 2.45) is 0 Å². The molecule has 4 rings (SSSR count). The molecule has 1 atom stereocenters. The summed E-state index contributed by atoms with van der Waals surface area (Å²) in [6.45, 7) is 1.03. The molecule has 0 bridgehead atoms. The third-order valence-corrected chi connectivity index (χ3v) is 4.86. The van der Waals surface area contributed by atoms with Crippen LogP contribution in [0.2, 0.25) is 0 Å². The summed E-state index contributed by atoms with van der Waals surface area (Å²) in [7, 11) is 0. The van der Waals surface area contributed by atoms with Crippen LogP contribution in [0.3, 0.4) is 0 Å². The van der Waals surface area contributed by atoms with Crippen LogP contribution in [-0.2, 0) is 0 Å². The molecule has 0 spiro atoms. The number of nitrogens with zero attached hydrogens (tertiary/aromatic N) is 3. The van der Waals surface area contributed by atoms with Gasteiger partial charge in [-0.2, -0.15) is 5.10 Å². The van der Waals surface area contributed by atoms with Crippen molar-refractivity contribution in [2.45, 2.75) is 18.8 Å². The highest BCUT2D eigenvalue weighted by molar-refractivity contribution is 5.99. The Morgan fingerprint density at radius 1 is 1.07 bits per heavy atom. The molecule has 2 heterocycles. The number of aromatic amines is 1. The van der Waals surface area contributed by atoms with Gasteiger partial charge in [-0.15, -0.1) is 0 Å². The van der Waals surface area contributed by atoms with Crippen LogP contribution in [0, 0.1) is 0 Å². The molecule has 0 saturated carbocycles. The van der Waals surface area contributed by atoms with E-state index in [-0.39, 0.29) is 28.9 Å². The fraction of sp³-hybridized carbons (Fsp3) is 0.250. The number of carbonyl (C=O) groups excluding carboxylic acids is 1. The molecular formula is C20H20N4O3. The highest BCUT2D eigenvalue weighted by atomic mass is 16.3. The Morgan fingerprint density at radius 2 is 1.81 bits per heavy atom. The van der Waals surface area contributed by atoms with Gasteiger partial charge in [-0.1, -0.05) is 36.4 Å². The number of hydrogen-bond acceptors (Lipinski definition) is 5. The summed E-state index contributed by atoms with van der Waals surface area (Å²) in [4.78, 5) is 19.1. The van der Waals surface area contributed by atoms with Crippen LogP contribution in [0.25, 0.3) is 11.4 Å². The minimum atomic E-state index is -0.377. The maximum absolute atomic E-state index is 12.8. The molecule has 1 saturated heterocycles. The summed E-state index contributed by atoms with van der Waals surface area (Å²) in [6.07, 6.45) is 1.70. The van der Waals surface area contributed by atoms with Crippen molar-refractivity contribution >= 4 is 5.91 Å². The third-order valence-electron chi connectivity index (χ3n) is 4.86. The van der Waals surface area contributed by atoms with Crippen molar-refractivity contribution in [3.8, 4) is 22.9 Å². The quantitative estimate of drug-likeness (QED) is 0.663. The van der Waals surface area contributed by atoms with Gasteiger partial charge in [-0.25, -0.2) is 4.98 Å². The van der Waals surface area contributed by atoms with Crippen LogP contribution >= 0.6 is 0 Å². The van der Waals surface area contributed by atoms with Crippen molar-refractivity contribution in [3.05, 3.63) is 59.9 Å². The van der Waals surface area contributed by atoms with Gasteiger partial charge in [0.1, 0.15) is 22.9 Å². The zero-order valence-electron chi connectivity index (χ0n) is 14.7. The number of phenols is 2. The summed E-state index contributed by atoms with van der Waals surface area (Å²) in [6, 6.07) is 14.0. The van der Waals surface area contributed by atoms with Crippen LogP contribution in [0.1, 0.15) is 34.9 Å². The smallest absolute Gasteiger partial charge is 0.261 e. The summed E-state index contributed by atoms with van der Waals surface area (Å²) in [5.74, 6) is 0.598. The molecule has 1 unspecified atom stereocenters. The van der Waals surface area contributed by atoms with Gasteiger partial charge in [0.25, 0.3) is 5.91 Å². The molecule has 3 N–H and O–H groups in total. The molecule has 1 aromatic heterocycles. The molecule has 1 amide bonds. The van der Waals surface area contributed by atoms with Gasteiger partial charge >= 0.3 is 0 Å². The molecule has 0 aliphatic carbocycles. The van der Waals surface area contributed by atoms with Crippen molar-refractivity contribution in [2.75, 3.05) is 13.1 Å². The first-order chi connectivity index (χ1) is 13.1. The van der Waals surface area contributed by atoms with E-state index in [1.165, 1.54) is 18.2 Å². The fourth-order valence-electron chi connectivity index (χ4n) is 3.46. The topological polar surface area (TPSA) is 102 Å². The zero-order valence-corrected chi connectivity index (χ0v) is 14.7. The molecule has 2 aromatic carbocycles. The minimum Gasteiger partial charge on any atom is -0.507 e. The summed E-state index contributed by atoms with van der Waals surface area (Å²) in [5, 5.41) is 27.2. The second-order valence-electron chi connectivity index (χ2n) is 6.67. The monoisotopic (exact) mass is 364 g/mol. The molecular weight excluding hydrogens is 344 g/mol. The lowest BCUT2D eigenvalue weighted by Gasteiger charge is -2.32.